The second kappa shape index (κ2) is 6.88. The van der Waals surface area contributed by atoms with Crippen molar-refractivity contribution in [2.24, 2.45) is 7.05 Å². The number of carbonyl (C=O) groups excluding carboxylic acids is 2. The minimum Gasteiger partial charge on any atom is -0.332 e. The van der Waals surface area contributed by atoms with Crippen LogP contribution in [0.4, 0.5) is 4.79 Å². The first-order valence-electron chi connectivity index (χ1n) is 9.44. The van der Waals surface area contributed by atoms with Gasteiger partial charge in [-0.3, -0.25) is 14.5 Å². The SMILES string of the molecule is CN(C)C(=O)N1CCC2(CC1)CN(C(=O)c1cnccn1)Cc1cn(C)nc12. The largest absolute Gasteiger partial charge is 0.332 e. The molecule has 148 valence electrons. The van der Waals surface area contributed by atoms with Gasteiger partial charge in [-0.2, -0.15) is 5.10 Å². The quantitative estimate of drug-likeness (QED) is 0.730. The van der Waals surface area contributed by atoms with E-state index in [0.29, 0.717) is 31.9 Å². The predicted octanol–water partition coefficient (Wildman–Crippen LogP) is 0.881. The molecule has 1 spiro atoms. The van der Waals surface area contributed by atoms with Crippen molar-refractivity contribution in [1.82, 2.24) is 34.4 Å². The van der Waals surface area contributed by atoms with Crippen molar-refractivity contribution in [3.05, 3.63) is 41.7 Å². The predicted molar refractivity (Wildman–Crippen MR) is 102 cm³/mol. The normalized spacial score (nSPS) is 18.1. The number of likely N-dealkylation sites (tertiary alicyclic amines) is 1. The monoisotopic (exact) mass is 383 g/mol. The summed E-state index contributed by atoms with van der Waals surface area (Å²) in [5, 5.41) is 4.74. The highest BCUT2D eigenvalue weighted by Gasteiger charge is 2.46. The van der Waals surface area contributed by atoms with Crippen LogP contribution in [0.15, 0.2) is 24.8 Å². The summed E-state index contributed by atoms with van der Waals surface area (Å²) in [6, 6.07) is 0.0272. The molecule has 0 atom stereocenters. The van der Waals surface area contributed by atoms with Crippen LogP contribution in [0.1, 0.15) is 34.6 Å². The van der Waals surface area contributed by atoms with E-state index in [9.17, 15) is 9.59 Å². The summed E-state index contributed by atoms with van der Waals surface area (Å²) in [5.41, 5.74) is 2.24. The van der Waals surface area contributed by atoms with E-state index in [1.165, 1.54) is 12.4 Å². The Hall–Kier alpha value is -2.97. The zero-order chi connectivity index (χ0) is 19.9. The van der Waals surface area contributed by atoms with Crippen LogP contribution in [0.5, 0.6) is 0 Å². The van der Waals surface area contributed by atoms with Crippen molar-refractivity contribution in [2.45, 2.75) is 24.8 Å². The third-order valence-corrected chi connectivity index (χ3v) is 5.70. The van der Waals surface area contributed by atoms with Gasteiger partial charge < -0.3 is 14.7 Å². The number of fused-ring (bicyclic) bond motifs is 2. The lowest BCUT2D eigenvalue weighted by Crippen LogP contribution is -2.55. The number of hydrogen-bond donors (Lipinski definition) is 0. The first kappa shape index (κ1) is 18.4. The Bertz CT molecular complexity index is 885. The number of urea groups is 1. The summed E-state index contributed by atoms with van der Waals surface area (Å²) < 4.78 is 1.82. The molecule has 4 heterocycles. The number of piperidine rings is 1. The molecule has 9 heteroatoms. The summed E-state index contributed by atoms with van der Waals surface area (Å²) >= 11 is 0. The highest BCUT2D eigenvalue weighted by Crippen LogP contribution is 2.41. The van der Waals surface area contributed by atoms with E-state index in [-0.39, 0.29) is 17.4 Å². The zero-order valence-corrected chi connectivity index (χ0v) is 16.5. The number of nitrogens with zero attached hydrogens (tertiary/aromatic N) is 7. The zero-order valence-electron chi connectivity index (χ0n) is 16.5. The van der Waals surface area contributed by atoms with Crippen LogP contribution in [-0.4, -0.2) is 80.1 Å². The van der Waals surface area contributed by atoms with E-state index < -0.39 is 0 Å². The summed E-state index contributed by atoms with van der Waals surface area (Å²) in [5.74, 6) is -0.117. The molecule has 9 nitrogen and oxygen atoms in total. The first-order chi connectivity index (χ1) is 13.4. The molecule has 28 heavy (non-hydrogen) atoms. The molecule has 0 radical (unpaired) electrons. The Balaban J connectivity index is 1.62. The molecule has 0 N–H and O–H groups in total. The number of hydrogen-bond acceptors (Lipinski definition) is 5. The molecule has 1 fully saturated rings. The molecule has 2 aliphatic heterocycles. The van der Waals surface area contributed by atoms with E-state index in [2.05, 4.69) is 9.97 Å². The molecule has 2 aromatic heterocycles. The molecule has 0 aromatic carbocycles. The Morgan fingerprint density at radius 1 is 1.14 bits per heavy atom. The van der Waals surface area contributed by atoms with Gasteiger partial charge in [0.2, 0.25) is 0 Å². The molecule has 0 unspecified atom stereocenters. The van der Waals surface area contributed by atoms with E-state index >= 15 is 0 Å². The van der Waals surface area contributed by atoms with Gasteiger partial charge in [0, 0.05) is 76.9 Å². The summed E-state index contributed by atoms with van der Waals surface area (Å²) in [6.45, 7) is 2.40. The first-order valence-corrected chi connectivity index (χ1v) is 9.44. The van der Waals surface area contributed by atoms with Crippen LogP contribution in [0, 0.1) is 0 Å². The van der Waals surface area contributed by atoms with Gasteiger partial charge in [-0.1, -0.05) is 0 Å². The van der Waals surface area contributed by atoms with Crippen LogP contribution in [0.25, 0.3) is 0 Å². The highest BCUT2D eigenvalue weighted by atomic mass is 16.2. The van der Waals surface area contributed by atoms with E-state index in [1.807, 2.05) is 27.7 Å². The summed E-state index contributed by atoms with van der Waals surface area (Å²) in [7, 11) is 5.45. The fourth-order valence-corrected chi connectivity index (χ4v) is 4.32. The lowest BCUT2D eigenvalue weighted by Gasteiger charge is -2.46. The van der Waals surface area contributed by atoms with Gasteiger partial charge in [-0.15, -0.1) is 0 Å². The molecule has 3 amide bonds. The number of amides is 3. The van der Waals surface area contributed by atoms with Crippen LogP contribution in [0.2, 0.25) is 0 Å². The average molecular weight is 383 g/mol. The highest BCUT2D eigenvalue weighted by molar-refractivity contribution is 5.92. The maximum atomic E-state index is 13.0. The second-order valence-corrected chi connectivity index (χ2v) is 7.87. The number of rotatable bonds is 1. The van der Waals surface area contributed by atoms with Crippen molar-refractivity contribution < 1.29 is 9.59 Å². The van der Waals surface area contributed by atoms with Crippen molar-refractivity contribution in [2.75, 3.05) is 33.7 Å². The Morgan fingerprint density at radius 3 is 2.54 bits per heavy atom. The van der Waals surface area contributed by atoms with Crippen LogP contribution < -0.4 is 0 Å². The van der Waals surface area contributed by atoms with Crippen molar-refractivity contribution in [3.63, 3.8) is 0 Å². The van der Waals surface area contributed by atoms with Crippen molar-refractivity contribution >= 4 is 11.9 Å². The van der Waals surface area contributed by atoms with Gasteiger partial charge in [0.05, 0.1) is 11.9 Å². The average Bonchev–Trinajstić information content (AvgIpc) is 3.09. The van der Waals surface area contributed by atoms with Crippen LogP contribution >= 0.6 is 0 Å². The Kier molecular flexibility index (Phi) is 4.52. The van der Waals surface area contributed by atoms with E-state index in [4.69, 9.17) is 5.10 Å². The molecule has 0 aliphatic carbocycles. The topological polar surface area (TPSA) is 87.5 Å². The fourth-order valence-electron chi connectivity index (χ4n) is 4.32. The lowest BCUT2D eigenvalue weighted by atomic mass is 9.72. The standard InChI is InChI=1S/C19H25N7O2/c1-23(2)18(28)25-8-4-19(5-9-25)13-26(12-14-11-24(3)22-16(14)19)17(27)15-10-20-6-7-21-15/h6-7,10-11H,4-5,8-9,12-13H2,1-3H3. The maximum absolute atomic E-state index is 13.0. The van der Waals surface area contributed by atoms with Gasteiger partial charge in [0.25, 0.3) is 5.91 Å². The third-order valence-electron chi connectivity index (χ3n) is 5.70. The summed E-state index contributed by atoms with van der Waals surface area (Å²) in [6.07, 6.45) is 8.15. The molecule has 0 saturated carbocycles. The molecular weight excluding hydrogens is 358 g/mol. The molecule has 2 aromatic rings. The molecule has 4 rings (SSSR count). The number of aryl methyl sites for hydroxylation is 1. The van der Waals surface area contributed by atoms with Crippen molar-refractivity contribution in [1.29, 1.82) is 0 Å². The number of carbonyl (C=O) groups is 2. The fraction of sp³-hybridized carbons (Fsp3) is 0.526. The maximum Gasteiger partial charge on any atom is 0.319 e. The molecule has 0 bridgehead atoms. The minimum atomic E-state index is -0.240. The molecular formula is C19H25N7O2. The van der Waals surface area contributed by atoms with Gasteiger partial charge in [-0.05, 0) is 12.8 Å². The Morgan fingerprint density at radius 2 is 1.89 bits per heavy atom. The van der Waals surface area contributed by atoms with Gasteiger partial charge >= 0.3 is 6.03 Å². The van der Waals surface area contributed by atoms with E-state index in [1.54, 1.807) is 25.2 Å². The van der Waals surface area contributed by atoms with Crippen LogP contribution in [-0.2, 0) is 19.0 Å². The number of aromatic nitrogens is 4. The van der Waals surface area contributed by atoms with Crippen molar-refractivity contribution in [3.8, 4) is 0 Å². The molecule has 2 aliphatic rings. The van der Waals surface area contributed by atoms with Crippen LogP contribution in [0.3, 0.4) is 0 Å². The Labute approximate surface area is 164 Å². The van der Waals surface area contributed by atoms with Gasteiger partial charge in [0.1, 0.15) is 5.69 Å². The van der Waals surface area contributed by atoms with Gasteiger partial charge in [-0.25, -0.2) is 9.78 Å². The lowest BCUT2D eigenvalue weighted by molar-refractivity contribution is 0.0578. The van der Waals surface area contributed by atoms with Gasteiger partial charge in [0.15, 0.2) is 0 Å². The summed E-state index contributed by atoms with van der Waals surface area (Å²) in [4.78, 5) is 38.9. The smallest absolute Gasteiger partial charge is 0.319 e. The molecule has 1 saturated heterocycles. The minimum absolute atomic E-state index is 0.0272. The third kappa shape index (κ3) is 3.10. The van der Waals surface area contributed by atoms with E-state index in [0.717, 1.165) is 24.1 Å². The second-order valence-electron chi connectivity index (χ2n) is 7.87.